The van der Waals surface area contributed by atoms with E-state index < -0.39 is 0 Å². The maximum absolute atomic E-state index is 12.4. The molecule has 3 aromatic carbocycles. The van der Waals surface area contributed by atoms with Gasteiger partial charge in [-0.3, -0.25) is 9.59 Å². The predicted molar refractivity (Wildman–Crippen MR) is 134 cm³/mol. The van der Waals surface area contributed by atoms with Gasteiger partial charge in [0.25, 0.3) is 11.5 Å². The van der Waals surface area contributed by atoms with Crippen molar-refractivity contribution in [3.05, 3.63) is 94.0 Å². The summed E-state index contributed by atoms with van der Waals surface area (Å²) in [6.07, 6.45) is 1.59. The Morgan fingerprint density at radius 1 is 1.11 bits per heavy atom. The lowest BCUT2D eigenvalue weighted by molar-refractivity contribution is -0.118. The van der Waals surface area contributed by atoms with Gasteiger partial charge in [0.05, 0.1) is 23.6 Å². The fourth-order valence-corrected chi connectivity index (χ4v) is 3.49. The number of nitrogens with one attached hydrogen (secondary N) is 2. The Bertz CT molecular complexity index is 1530. The lowest BCUT2D eigenvalue weighted by atomic mass is 10.1. The van der Waals surface area contributed by atoms with E-state index in [-0.39, 0.29) is 29.5 Å². The second-order valence-electron chi connectivity index (χ2n) is 7.72. The van der Waals surface area contributed by atoms with E-state index in [4.69, 9.17) is 9.47 Å². The summed E-state index contributed by atoms with van der Waals surface area (Å²) in [5, 5.41) is 12.9. The van der Waals surface area contributed by atoms with E-state index in [1.807, 2.05) is 25.1 Å². The first-order chi connectivity index (χ1) is 17.0. The molecule has 1 heterocycles. The Morgan fingerprint density at radius 3 is 2.71 bits per heavy atom. The number of rotatable bonds is 7. The molecule has 1 amide bonds. The first kappa shape index (κ1) is 23.3. The summed E-state index contributed by atoms with van der Waals surface area (Å²) in [7, 11) is 1.48. The van der Waals surface area contributed by atoms with Crippen LogP contribution in [0.15, 0.2) is 71.5 Å². The topological polar surface area (TPSA) is 117 Å². The highest BCUT2D eigenvalue weighted by Gasteiger charge is 2.11. The lowest BCUT2D eigenvalue weighted by Gasteiger charge is -2.12. The zero-order valence-electron chi connectivity index (χ0n) is 19.2. The molecular weight excluding hydrogens is 444 g/mol. The van der Waals surface area contributed by atoms with Crippen LogP contribution in [0.25, 0.3) is 22.6 Å². The molecule has 0 bridgehead atoms. The fraction of sp³-hybridized carbons (Fsp3) is 0.111. The number of para-hydroxylation sites is 1. The number of aryl methyl sites for hydroxylation is 1. The van der Waals surface area contributed by atoms with Gasteiger partial charge in [0.1, 0.15) is 6.07 Å². The van der Waals surface area contributed by atoms with Crippen molar-refractivity contribution in [1.82, 2.24) is 9.97 Å². The molecule has 0 atom stereocenters. The standard InChI is InChI=1S/C27H22N4O4/c1-17-6-5-7-20(12-17)29-25(32)16-35-23-11-10-18(14-24(23)34-2)13-19(15-28)26-30-22-9-4-3-8-21(22)27(33)31-26/h3-14H,16H2,1-2H3,(H,29,32)(H,30,31,33). The SMILES string of the molecule is COc1cc(C=C(C#N)c2nc3ccccc3c(=O)[nH]2)ccc1OCC(=O)Nc1cccc(C)c1. The molecule has 0 unspecified atom stereocenters. The number of ether oxygens (including phenoxy) is 2. The molecule has 0 saturated heterocycles. The molecule has 174 valence electrons. The number of nitriles is 1. The molecule has 0 saturated carbocycles. The number of aromatic amines is 1. The summed E-state index contributed by atoms with van der Waals surface area (Å²) >= 11 is 0. The number of allylic oxidation sites excluding steroid dienone is 1. The highest BCUT2D eigenvalue weighted by atomic mass is 16.5. The third kappa shape index (κ3) is 5.54. The van der Waals surface area contributed by atoms with Gasteiger partial charge in [-0.15, -0.1) is 0 Å². The zero-order valence-corrected chi connectivity index (χ0v) is 19.2. The van der Waals surface area contributed by atoms with E-state index in [2.05, 4.69) is 21.4 Å². The summed E-state index contributed by atoms with van der Waals surface area (Å²) in [5.41, 5.74) is 2.71. The molecule has 0 aliphatic rings. The van der Waals surface area contributed by atoms with Crippen molar-refractivity contribution in [3.63, 3.8) is 0 Å². The van der Waals surface area contributed by atoms with Crippen LogP contribution in [0.4, 0.5) is 5.69 Å². The van der Waals surface area contributed by atoms with Gasteiger partial charge in [-0.25, -0.2) is 4.98 Å². The molecule has 0 radical (unpaired) electrons. The van der Waals surface area contributed by atoms with Crippen LogP contribution >= 0.6 is 0 Å². The molecule has 8 heteroatoms. The molecule has 0 fully saturated rings. The van der Waals surface area contributed by atoms with Crippen molar-refractivity contribution in [2.75, 3.05) is 19.0 Å². The van der Waals surface area contributed by atoms with Crippen LogP contribution in [-0.4, -0.2) is 29.6 Å². The number of amides is 1. The van der Waals surface area contributed by atoms with Crippen LogP contribution in [0.5, 0.6) is 11.5 Å². The van der Waals surface area contributed by atoms with Crippen LogP contribution in [0.1, 0.15) is 17.0 Å². The second-order valence-corrected chi connectivity index (χ2v) is 7.72. The number of aromatic nitrogens is 2. The Balaban J connectivity index is 1.53. The molecule has 8 nitrogen and oxygen atoms in total. The minimum absolute atomic E-state index is 0.170. The average Bonchev–Trinajstić information content (AvgIpc) is 2.86. The highest BCUT2D eigenvalue weighted by Crippen LogP contribution is 2.29. The number of H-pyrrole nitrogens is 1. The minimum atomic E-state index is -0.322. The monoisotopic (exact) mass is 466 g/mol. The van der Waals surface area contributed by atoms with Crippen molar-refractivity contribution in [2.45, 2.75) is 6.92 Å². The first-order valence-electron chi connectivity index (χ1n) is 10.8. The lowest BCUT2D eigenvalue weighted by Crippen LogP contribution is -2.20. The number of carbonyl (C=O) groups excluding carboxylic acids is 1. The molecule has 0 spiro atoms. The van der Waals surface area contributed by atoms with Gasteiger partial charge < -0.3 is 19.8 Å². The van der Waals surface area contributed by atoms with E-state index in [1.165, 1.54) is 7.11 Å². The summed E-state index contributed by atoms with van der Waals surface area (Å²) in [6.45, 7) is 1.74. The second kappa shape index (κ2) is 10.4. The third-order valence-corrected chi connectivity index (χ3v) is 5.15. The maximum atomic E-state index is 12.4. The van der Waals surface area contributed by atoms with Crippen molar-refractivity contribution in [1.29, 1.82) is 5.26 Å². The fourth-order valence-electron chi connectivity index (χ4n) is 3.49. The molecule has 4 rings (SSSR count). The Labute approximate surface area is 201 Å². The normalized spacial score (nSPS) is 11.1. The van der Waals surface area contributed by atoms with Crippen molar-refractivity contribution < 1.29 is 14.3 Å². The van der Waals surface area contributed by atoms with Gasteiger partial charge in [-0.2, -0.15) is 5.26 Å². The molecule has 1 aromatic heterocycles. The number of methoxy groups -OCH3 is 1. The van der Waals surface area contributed by atoms with Gasteiger partial charge in [0.15, 0.2) is 23.9 Å². The quantitative estimate of drug-likeness (QED) is 0.392. The van der Waals surface area contributed by atoms with E-state index in [9.17, 15) is 14.9 Å². The molecule has 0 aliphatic carbocycles. The number of fused-ring (bicyclic) bond motifs is 1. The number of hydrogen-bond acceptors (Lipinski definition) is 6. The number of anilines is 1. The highest BCUT2D eigenvalue weighted by molar-refractivity contribution is 5.92. The zero-order chi connectivity index (χ0) is 24.8. The minimum Gasteiger partial charge on any atom is -0.493 e. The van der Waals surface area contributed by atoms with Gasteiger partial charge >= 0.3 is 0 Å². The number of hydrogen-bond donors (Lipinski definition) is 2. The van der Waals surface area contributed by atoms with E-state index in [0.717, 1.165) is 5.56 Å². The van der Waals surface area contributed by atoms with Crippen LogP contribution in [-0.2, 0) is 4.79 Å². The van der Waals surface area contributed by atoms with Crippen LogP contribution in [0, 0.1) is 18.3 Å². The largest absolute Gasteiger partial charge is 0.493 e. The first-order valence-corrected chi connectivity index (χ1v) is 10.8. The van der Waals surface area contributed by atoms with E-state index in [0.29, 0.717) is 33.7 Å². The average molecular weight is 466 g/mol. The van der Waals surface area contributed by atoms with Crippen LogP contribution in [0.2, 0.25) is 0 Å². The Morgan fingerprint density at radius 2 is 1.94 bits per heavy atom. The summed E-state index contributed by atoms with van der Waals surface area (Å²) in [5.74, 6) is 0.627. The van der Waals surface area contributed by atoms with Gasteiger partial charge in [0.2, 0.25) is 0 Å². The van der Waals surface area contributed by atoms with Crippen LogP contribution in [0.3, 0.4) is 0 Å². The number of carbonyl (C=O) groups is 1. The molecule has 4 aromatic rings. The molecule has 0 aliphatic heterocycles. The van der Waals surface area contributed by atoms with Crippen molar-refractivity contribution in [2.24, 2.45) is 0 Å². The molecular formula is C27H22N4O4. The number of nitrogens with zero attached hydrogens (tertiary/aromatic N) is 2. The van der Waals surface area contributed by atoms with Crippen molar-refractivity contribution in [3.8, 4) is 17.6 Å². The Kier molecular flexibility index (Phi) is 6.88. The predicted octanol–water partition coefficient (Wildman–Crippen LogP) is 4.32. The number of benzene rings is 3. The van der Waals surface area contributed by atoms with Gasteiger partial charge in [-0.05, 0) is 60.5 Å². The third-order valence-electron chi connectivity index (χ3n) is 5.15. The smallest absolute Gasteiger partial charge is 0.262 e. The van der Waals surface area contributed by atoms with E-state index in [1.54, 1.807) is 54.6 Å². The summed E-state index contributed by atoms with van der Waals surface area (Å²) in [4.78, 5) is 31.7. The molecule has 2 N–H and O–H groups in total. The van der Waals surface area contributed by atoms with Crippen LogP contribution < -0.4 is 20.3 Å². The van der Waals surface area contributed by atoms with Gasteiger partial charge in [0, 0.05) is 5.69 Å². The summed E-state index contributed by atoms with van der Waals surface area (Å²) in [6, 6.07) is 21.5. The summed E-state index contributed by atoms with van der Waals surface area (Å²) < 4.78 is 11.1. The Hall–Kier alpha value is -4.90. The van der Waals surface area contributed by atoms with Gasteiger partial charge in [-0.1, -0.05) is 30.3 Å². The maximum Gasteiger partial charge on any atom is 0.262 e. The molecule has 35 heavy (non-hydrogen) atoms. The van der Waals surface area contributed by atoms with Crippen molar-refractivity contribution >= 4 is 34.1 Å². The van der Waals surface area contributed by atoms with E-state index >= 15 is 0 Å².